The molecule has 0 atom stereocenters. The summed E-state index contributed by atoms with van der Waals surface area (Å²) in [4.78, 5) is 16.7. The maximum Gasteiger partial charge on any atom is 0.261 e. The van der Waals surface area contributed by atoms with Crippen molar-refractivity contribution in [2.45, 2.75) is 32.6 Å². The van der Waals surface area contributed by atoms with Crippen LogP contribution in [-0.2, 0) is 14.8 Å². The summed E-state index contributed by atoms with van der Waals surface area (Å²) in [7, 11) is -3.68. The fourth-order valence-electron chi connectivity index (χ4n) is 3.38. The zero-order valence-electron chi connectivity index (χ0n) is 17.8. The molecular formula is C22H28ClN3O3S. The van der Waals surface area contributed by atoms with Crippen LogP contribution in [0.4, 0.5) is 11.4 Å². The lowest BCUT2D eigenvalue weighted by atomic mass is 9.94. The van der Waals surface area contributed by atoms with Crippen molar-refractivity contribution in [2.24, 2.45) is 5.41 Å². The summed E-state index contributed by atoms with van der Waals surface area (Å²) >= 11 is 6.47. The zero-order valence-corrected chi connectivity index (χ0v) is 19.3. The molecule has 0 spiro atoms. The van der Waals surface area contributed by atoms with E-state index in [4.69, 9.17) is 11.6 Å². The number of carbonyl (C=O) groups is 1. The van der Waals surface area contributed by atoms with Gasteiger partial charge in [0, 0.05) is 31.6 Å². The number of anilines is 2. The molecule has 3 rings (SSSR count). The number of halogens is 1. The minimum absolute atomic E-state index is 0.147. The Labute approximate surface area is 183 Å². The highest BCUT2D eigenvalue weighted by atomic mass is 35.5. The van der Waals surface area contributed by atoms with Crippen molar-refractivity contribution in [3.8, 4) is 0 Å². The second-order valence-corrected chi connectivity index (χ2v) is 10.7. The summed E-state index contributed by atoms with van der Waals surface area (Å²) in [6, 6.07) is 11.8. The Morgan fingerprint density at radius 3 is 2.13 bits per heavy atom. The molecule has 0 aliphatic carbocycles. The van der Waals surface area contributed by atoms with Crippen LogP contribution in [0, 0.1) is 12.3 Å². The van der Waals surface area contributed by atoms with Crippen LogP contribution >= 0.6 is 11.6 Å². The van der Waals surface area contributed by atoms with Gasteiger partial charge in [0.1, 0.15) is 0 Å². The number of carbonyl (C=O) groups excluding carboxylic acids is 1. The molecule has 1 amide bonds. The number of amides is 1. The van der Waals surface area contributed by atoms with Crippen LogP contribution < -0.4 is 9.62 Å². The van der Waals surface area contributed by atoms with Gasteiger partial charge in [-0.2, -0.15) is 0 Å². The van der Waals surface area contributed by atoms with E-state index in [-0.39, 0.29) is 10.8 Å². The Morgan fingerprint density at radius 2 is 1.60 bits per heavy atom. The Morgan fingerprint density at radius 1 is 1.00 bits per heavy atom. The lowest BCUT2D eigenvalue weighted by Crippen LogP contribution is -2.51. The predicted molar refractivity (Wildman–Crippen MR) is 122 cm³/mol. The topological polar surface area (TPSA) is 69.7 Å². The fraction of sp³-hybridized carbons (Fsp3) is 0.409. The van der Waals surface area contributed by atoms with E-state index in [1.54, 1.807) is 36.4 Å². The molecule has 1 fully saturated rings. The number of rotatable bonds is 4. The van der Waals surface area contributed by atoms with Crippen molar-refractivity contribution < 1.29 is 13.2 Å². The second-order valence-electron chi connectivity index (χ2n) is 8.61. The summed E-state index contributed by atoms with van der Waals surface area (Å²) in [5.41, 5.74) is 1.84. The molecule has 1 N–H and O–H groups in total. The quantitative estimate of drug-likeness (QED) is 0.761. The standard InChI is InChI=1S/C22H28ClN3O3S/c1-16-5-8-18(9-6-16)30(28,29)24-17-7-10-20(19(23)15-17)25-11-13-26(14-12-25)21(27)22(2,3)4/h5-10,15,24H,11-14H2,1-4H3. The summed E-state index contributed by atoms with van der Waals surface area (Å²) in [6.07, 6.45) is 0. The molecule has 0 aromatic heterocycles. The third-order valence-corrected chi connectivity index (χ3v) is 6.78. The van der Waals surface area contributed by atoms with Crippen LogP contribution in [0.2, 0.25) is 5.02 Å². The monoisotopic (exact) mass is 449 g/mol. The highest BCUT2D eigenvalue weighted by molar-refractivity contribution is 7.92. The molecule has 2 aromatic rings. The number of hydrogen-bond donors (Lipinski definition) is 1. The first-order valence-electron chi connectivity index (χ1n) is 9.91. The van der Waals surface area contributed by atoms with E-state index in [0.29, 0.717) is 36.9 Å². The maximum atomic E-state index is 12.6. The first-order chi connectivity index (χ1) is 14.0. The molecule has 2 aromatic carbocycles. The number of nitrogens with one attached hydrogen (secondary N) is 1. The van der Waals surface area contributed by atoms with Gasteiger partial charge in [-0.1, -0.05) is 50.1 Å². The van der Waals surface area contributed by atoms with Gasteiger partial charge in [0.05, 0.1) is 21.3 Å². The fourth-order valence-corrected chi connectivity index (χ4v) is 4.73. The molecule has 1 aliphatic rings. The average Bonchev–Trinajstić information content (AvgIpc) is 2.67. The number of piperazine rings is 1. The molecular weight excluding hydrogens is 422 g/mol. The summed E-state index contributed by atoms with van der Waals surface area (Å²) in [5.74, 6) is 0.147. The van der Waals surface area contributed by atoms with Gasteiger partial charge in [-0.25, -0.2) is 8.42 Å². The highest BCUT2D eigenvalue weighted by Gasteiger charge is 2.30. The van der Waals surface area contributed by atoms with Gasteiger partial charge in [-0.05, 0) is 37.3 Å². The average molecular weight is 450 g/mol. The Kier molecular flexibility index (Phi) is 6.34. The van der Waals surface area contributed by atoms with Crippen LogP contribution in [0.3, 0.4) is 0 Å². The molecule has 30 heavy (non-hydrogen) atoms. The summed E-state index contributed by atoms with van der Waals surface area (Å²) in [6.45, 7) is 10.3. The first-order valence-corrected chi connectivity index (χ1v) is 11.8. The van der Waals surface area contributed by atoms with Gasteiger partial charge in [0.2, 0.25) is 5.91 Å². The molecule has 0 unspecified atom stereocenters. The number of benzene rings is 2. The smallest absolute Gasteiger partial charge is 0.261 e. The van der Waals surface area contributed by atoms with E-state index in [9.17, 15) is 13.2 Å². The minimum Gasteiger partial charge on any atom is -0.367 e. The number of sulfonamides is 1. The van der Waals surface area contributed by atoms with E-state index < -0.39 is 15.4 Å². The van der Waals surface area contributed by atoms with Crippen molar-refractivity contribution >= 4 is 38.9 Å². The van der Waals surface area contributed by atoms with Gasteiger partial charge >= 0.3 is 0 Å². The first kappa shape index (κ1) is 22.4. The molecule has 8 heteroatoms. The van der Waals surface area contributed by atoms with Gasteiger partial charge < -0.3 is 9.80 Å². The molecule has 0 radical (unpaired) electrons. The molecule has 162 valence electrons. The van der Waals surface area contributed by atoms with Crippen LogP contribution in [0.25, 0.3) is 0 Å². The molecule has 1 saturated heterocycles. The van der Waals surface area contributed by atoms with Gasteiger partial charge in [0.15, 0.2) is 0 Å². The number of aryl methyl sites for hydroxylation is 1. The molecule has 1 aliphatic heterocycles. The van der Waals surface area contributed by atoms with Gasteiger partial charge in [0.25, 0.3) is 10.0 Å². The molecule has 1 heterocycles. The largest absolute Gasteiger partial charge is 0.367 e. The molecule has 6 nitrogen and oxygen atoms in total. The Hall–Kier alpha value is -2.25. The van der Waals surface area contributed by atoms with Crippen molar-refractivity contribution in [3.63, 3.8) is 0 Å². The van der Waals surface area contributed by atoms with Crippen LogP contribution in [0.15, 0.2) is 47.4 Å². The van der Waals surface area contributed by atoms with Crippen molar-refractivity contribution in [1.82, 2.24) is 4.90 Å². The van der Waals surface area contributed by atoms with Gasteiger partial charge in [-0.3, -0.25) is 9.52 Å². The highest BCUT2D eigenvalue weighted by Crippen LogP contribution is 2.31. The molecule has 0 saturated carbocycles. The minimum atomic E-state index is -3.68. The van der Waals surface area contributed by atoms with E-state index in [2.05, 4.69) is 9.62 Å². The zero-order chi connectivity index (χ0) is 22.1. The van der Waals surface area contributed by atoms with Crippen LogP contribution in [0.1, 0.15) is 26.3 Å². The van der Waals surface area contributed by atoms with E-state index in [0.717, 1.165) is 11.3 Å². The lowest BCUT2D eigenvalue weighted by molar-refractivity contribution is -0.139. The van der Waals surface area contributed by atoms with E-state index >= 15 is 0 Å². The summed E-state index contributed by atoms with van der Waals surface area (Å²) < 4.78 is 27.8. The van der Waals surface area contributed by atoms with E-state index in [1.165, 1.54) is 0 Å². The van der Waals surface area contributed by atoms with Crippen LogP contribution in [-0.4, -0.2) is 45.4 Å². The van der Waals surface area contributed by atoms with E-state index in [1.807, 2.05) is 38.7 Å². The number of nitrogens with zero attached hydrogens (tertiary/aromatic N) is 2. The van der Waals surface area contributed by atoms with Crippen molar-refractivity contribution in [2.75, 3.05) is 35.8 Å². The number of hydrogen-bond acceptors (Lipinski definition) is 4. The Bertz CT molecular complexity index is 1020. The third kappa shape index (κ3) is 5.08. The normalized spacial score (nSPS) is 15.2. The van der Waals surface area contributed by atoms with Crippen LogP contribution in [0.5, 0.6) is 0 Å². The third-order valence-electron chi connectivity index (χ3n) is 5.08. The molecule has 0 bridgehead atoms. The maximum absolute atomic E-state index is 12.6. The predicted octanol–water partition coefficient (Wildman–Crippen LogP) is 4.14. The van der Waals surface area contributed by atoms with Gasteiger partial charge in [-0.15, -0.1) is 0 Å². The summed E-state index contributed by atoms with van der Waals surface area (Å²) in [5, 5.41) is 0.467. The second kappa shape index (κ2) is 8.47. The van der Waals surface area contributed by atoms with Crippen molar-refractivity contribution in [3.05, 3.63) is 53.1 Å². The SMILES string of the molecule is Cc1ccc(S(=O)(=O)Nc2ccc(N3CCN(C(=O)C(C)(C)C)CC3)c(Cl)c2)cc1. The van der Waals surface area contributed by atoms with Crippen molar-refractivity contribution in [1.29, 1.82) is 0 Å². The Balaban J connectivity index is 1.69. The lowest BCUT2D eigenvalue weighted by Gasteiger charge is -2.39.